The summed E-state index contributed by atoms with van der Waals surface area (Å²) in [6, 6.07) is 14.9. The van der Waals surface area contributed by atoms with Gasteiger partial charge in [0.1, 0.15) is 5.75 Å². The topological polar surface area (TPSA) is 58.3 Å². The quantitative estimate of drug-likeness (QED) is 0.566. The van der Waals surface area contributed by atoms with Crippen molar-refractivity contribution < 1.29 is 5.11 Å². The largest absolute Gasteiger partial charge is 0.506 e. The number of benzene rings is 2. The van der Waals surface area contributed by atoms with E-state index in [-0.39, 0.29) is 5.75 Å². The number of hydrogen-bond donors (Lipinski definition) is 3. The van der Waals surface area contributed by atoms with E-state index in [9.17, 15) is 5.11 Å². The van der Waals surface area contributed by atoms with Crippen molar-refractivity contribution in [2.45, 2.75) is 44.6 Å². The molecule has 0 bridgehead atoms. The molecule has 0 saturated heterocycles. The van der Waals surface area contributed by atoms with Crippen LogP contribution in [0.2, 0.25) is 0 Å². The molecule has 0 amide bonds. The number of nitrogens with one attached hydrogen (secondary N) is 1. The van der Waals surface area contributed by atoms with Crippen molar-refractivity contribution in [1.82, 2.24) is 5.32 Å². The highest BCUT2D eigenvalue weighted by Crippen LogP contribution is 2.30. The molecule has 3 nitrogen and oxygen atoms in total. The van der Waals surface area contributed by atoms with Crippen LogP contribution in [-0.2, 0) is 6.42 Å². The van der Waals surface area contributed by atoms with E-state index in [0.29, 0.717) is 5.69 Å². The molecule has 4 N–H and O–H groups in total. The summed E-state index contributed by atoms with van der Waals surface area (Å²) in [6.45, 7) is 0. The first kappa shape index (κ1) is 16.8. The molecule has 0 aliphatic heterocycles. The molecule has 0 unspecified atom stereocenters. The smallest absolute Gasteiger partial charge is 0.138 e. The number of nitrogens with two attached hydrogens (primary N) is 1. The Kier molecular flexibility index (Phi) is 5.41. The zero-order chi connectivity index (χ0) is 16.9. The second-order valence-corrected chi connectivity index (χ2v) is 7.02. The van der Waals surface area contributed by atoms with Crippen molar-refractivity contribution in [3.63, 3.8) is 0 Å². The Balaban J connectivity index is 1.56. The van der Waals surface area contributed by atoms with E-state index in [2.05, 4.69) is 36.6 Å². The molecule has 24 heavy (non-hydrogen) atoms. The average molecular weight is 324 g/mol. The van der Waals surface area contributed by atoms with E-state index >= 15 is 0 Å². The molecule has 1 saturated carbocycles. The van der Waals surface area contributed by atoms with E-state index in [4.69, 9.17) is 5.73 Å². The highest BCUT2D eigenvalue weighted by molar-refractivity contribution is 5.70. The van der Waals surface area contributed by atoms with E-state index in [0.717, 1.165) is 29.5 Å². The van der Waals surface area contributed by atoms with Crippen LogP contribution >= 0.6 is 0 Å². The van der Waals surface area contributed by atoms with Gasteiger partial charge in [-0.15, -0.1) is 0 Å². The van der Waals surface area contributed by atoms with Gasteiger partial charge in [0, 0.05) is 6.04 Å². The van der Waals surface area contributed by atoms with Crippen molar-refractivity contribution in [1.29, 1.82) is 0 Å². The van der Waals surface area contributed by atoms with Crippen molar-refractivity contribution >= 4 is 5.69 Å². The summed E-state index contributed by atoms with van der Waals surface area (Å²) < 4.78 is 0. The molecule has 2 aromatic rings. The highest BCUT2D eigenvalue weighted by Gasteiger charge is 2.19. The summed E-state index contributed by atoms with van der Waals surface area (Å²) in [5.41, 5.74) is 9.79. The summed E-state index contributed by atoms with van der Waals surface area (Å²) >= 11 is 0. The molecule has 0 atom stereocenters. The van der Waals surface area contributed by atoms with Crippen molar-refractivity contribution in [2.24, 2.45) is 5.92 Å². The Morgan fingerprint density at radius 1 is 1.00 bits per heavy atom. The predicted molar refractivity (Wildman–Crippen MR) is 101 cm³/mol. The zero-order valence-corrected chi connectivity index (χ0v) is 14.5. The molecule has 128 valence electrons. The minimum absolute atomic E-state index is 0.142. The monoisotopic (exact) mass is 324 g/mol. The van der Waals surface area contributed by atoms with Crippen LogP contribution in [-0.4, -0.2) is 18.2 Å². The van der Waals surface area contributed by atoms with Gasteiger partial charge >= 0.3 is 0 Å². The number of rotatable bonds is 5. The van der Waals surface area contributed by atoms with Crippen LogP contribution in [0.5, 0.6) is 5.75 Å². The van der Waals surface area contributed by atoms with E-state index in [1.54, 1.807) is 6.07 Å². The van der Waals surface area contributed by atoms with Gasteiger partial charge in [-0.1, -0.05) is 30.3 Å². The number of phenolic OH excluding ortho intramolecular Hbond substituents is 1. The first-order valence-corrected chi connectivity index (χ1v) is 9.01. The fourth-order valence-corrected chi connectivity index (χ4v) is 3.71. The van der Waals surface area contributed by atoms with Gasteiger partial charge in [-0.2, -0.15) is 0 Å². The van der Waals surface area contributed by atoms with Crippen molar-refractivity contribution in [2.75, 3.05) is 12.8 Å². The standard InChI is InChI=1S/C21H28N2O/c1-23-19-11-6-16(7-12-19)3-2-15-4-8-17(9-5-15)18-10-13-21(24)20(22)14-18/h4-5,8-10,13-14,16,19,23-24H,2-3,6-7,11-12,22H2,1H3. The van der Waals surface area contributed by atoms with Gasteiger partial charge in [-0.3, -0.25) is 0 Å². The molecule has 1 aliphatic rings. The van der Waals surface area contributed by atoms with Crippen LogP contribution in [0.3, 0.4) is 0 Å². The van der Waals surface area contributed by atoms with Crippen LogP contribution < -0.4 is 11.1 Å². The second-order valence-electron chi connectivity index (χ2n) is 7.02. The minimum atomic E-state index is 0.142. The lowest BCUT2D eigenvalue weighted by Gasteiger charge is -2.28. The molecule has 2 aromatic carbocycles. The van der Waals surface area contributed by atoms with Gasteiger partial charge in [0.2, 0.25) is 0 Å². The number of phenols is 1. The average Bonchev–Trinajstić information content (AvgIpc) is 2.63. The first-order chi connectivity index (χ1) is 11.7. The third-order valence-electron chi connectivity index (χ3n) is 5.41. The normalized spacial score (nSPS) is 20.9. The number of nitrogen functional groups attached to an aromatic ring is 1. The van der Waals surface area contributed by atoms with Crippen LogP contribution in [0.1, 0.15) is 37.7 Å². The van der Waals surface area contributed by atoms with E-state index in [1.807, 2.05) is 12.1 Å². The van der Waals surface area contributed by atoms with Gasteiger partial charge in [0.25, 0.3) is 0 Å². The Labute approximate surface area is 144 Å². The first-order valence-electron chi connectivity index (χ1n) is 9.01. The summed E-state index contributed by atoms with van der Waals surface area (Å²) in [6.07, 6.45) is 7.81. The summed E-state index contributed by atoms with van der Waals surface area (Å²) in [5.74, 6) is 1.02. The van der Waals surface area contributed by atoms with Crippen molar-refractivity contribution in [3.05, 3.63) is 48.0 Å². The highest BCUT2D eigenvalue weighted by atomic mass is 16.3. The SMILES string of the molecule is CNC1CCC(CCc2ccc(-c3ccc(O)c(N)c3)cc2)CC1. The lowest BCUT2D eigenvalue weighted by Crippen LogP contribution is -2.30. The number of anilines is 1. The Morgan fingerprint density at radius 3 is 2.29 bits per heavy atom. The van der Waals surface area contributed by atoms with Crippen LogP contribution in [0.4, 0.5) is 5.69 Å². The van der Waals surface area contributed by atoms with Gasteiger partial charge in [-0.25, -0.2) is 0 Å². The molecular formula is C21H28N2O. The Hall–Kier alpha value is -2.00. The molecule has 0 heterocycles. The maximum atomic E-state index is 9.53. The molecule has 3 rings (SSSR count). The second kappa shape index (κ2) is 7.71. The van der Waals surface area contributed by atoms with Gasteiger partial charge in [0.05, 0.1) is 5.69 Å². The summed E-state index contributed by atoms with van der Waals surface area (Å²) in [4.78, 5) is 0. The van der Waals surface area contributed by atoms with Gasteiger partial charge in [-0.05, 0) is 80.3 Å². The van der Waals surface area contributed by atoms with Crippen molar-refractivity contribution in [3.8, 4) is 16.9 Å². The lowest BCUT2D eigenvalue weighted by molar-refractivity contribution is 0.289. The summed E-state index contributed by atoms with van der Waals surface area (Å²) in [5, 5.41) is 12.9. The molecule has 3 heteroatoms. The zero-order valence-electron chi connectivity index (χ0n) is 14.5. The van der Waals surface area contributed by atoms with Crippen LogP contribution in [0, 0.1) is 5.92 Å². The molecule has 0 radical (unpaired) electrons. The minimum Gasteiger partial charge on any atom is -0.506 e. The molecule has 0 aromatic heterocycles. The third kappa shape index (κ3) is 4.09. The number of aryl methyl sites for hydroxylation is 1. The Bertz CT molecular complexity index is 658. The number of aromatic hydroxyl groups is 1. The lowest BCUT2D eigenvalue weighted by atomic mass is 9.83. The predicted octanol–water partition coefficient (Wildman–Crippen LogP) is 4.35. The van der Waals surface area contributed by atoms with E-state index in [1.165, 1.54) is 37.7 Å². The third-order valence-corrected chi connectivity index (χ3v) is 5.41. The maximum absolute atomic E-state index is 9.53. The van der Waals surface area contributed by atoms with Crippen LogP contribution in [0.25, 0.3) is 11.1 Å². The fraction of sp³-hybridized carbons (Fsp3) is 0.429. The Morgan fingerprint density at radius 2 is 1.67 bits per heavy atom. The van der Waals surface area contributed by atoms with Gasteiger partial charge < -0.3 is 16.2 Å². The fourth-order valence-electron chi connectivity index (χ4n) is 3.71. The maximum Gasteiger partial charge on any atom is 0.138 e. The summed E-state index contributed by atoms with van der Waals surface area (Å²) in [7, 11) is 2.08. The molecule has 1 fully saturated rings. The van der Waals surface area contributed by atoms with Gasteiger partial charge in [0.15, 0.2) is 0 Å². The van der Waals surface area contributed by atoms with Crippen LogP contribution in [0.15, 0.2) is 42.5 Å². The number of hydrogen-bond acceptors (Lipinski definition) is 3. The molecule has 1 aliphatic carbocycles. The molecular weight excluding hydrogens is 296 g/mol. The van der Waals surface area contributed by atoms with E-state index < -0.39 is 0 Å². The molecule has 0 spiro atoms.